The monoisotopic (exact) mass is 421 g/mol. The van der Waals surface area contributed by atoms with Crippen LogP contribution in [-0.4, -0.2) is 0 Å². The average Bonchev–Trinajstić information content (AvgIpc) is 2.63. The first kappa shape index (κ1) is 15.2. The van der Waals surface area contributed by atoms with E-state index in [1.54, 1.807) is 0 Å². The van der Waals surface area contributed by atoms with E-state index in [1.165, 1.54) is 25.5 Å². The molecule has 2 heteroatoms. The molecule has 0 radical (unpaired) electrons. The fraction of sp³-hybridized carbons (Fsp3) is 0. The number of fused-ring (bicyclic) bond motifs is 1. The lowest BCUT2D eigenvalue weighted by atomic mass is 10.1. The van der Waals surface area contributed by atoms with Gasteiger partial charge in [-0.2, -0.15) is 0 Å². The molecule has 0 bridgehead atoms. The Morgan fingerprint density at radius 2 is 1.21 bits per heavy atom. The Balaban J connectivity index is 1.62. The average molecular weight is 421 g/mol. The van der Waals surface area contributed by atoms with Crippen LogP contribution in [0.5, 0.6) is 0 Å². The first-order valence-electron chi connectivity index (χ1n) is 7.90. The summed E-state index contributed by atoms with van der Waals surface area (Å²) in [6.07, 6.45) is 0. The molecule has 24 heavy (non-hydrogen) atoms. The van der Waals surface area contributed by atoms with Crippen LogP contribution < -0.4 is 5.32 Å². The molecule has 0 fully saturated rings. The zero-order valence-corrected chi connectivity index (χ0v) is 15.2. The van der Waals surface area contributed by atoms with Crippen molar-refractivity contribution in [3.05, 3.63) is 94.6 Å². The maximum absolute atomic E-state index is 3.53. The fourth-order valence-electron chi connectivity index (χ4n) is 2.88. The number of halogens is 1. The Hall–Kier alpha value is -2.33. The summed E-state index contributed by atoms with van der Waals surface area (Å²) >= 11 is 2.33. The molecule has 0 amide bonds. The summed E-state index contributed by atoms with van der Waals surface area (Å²) < 4.78 is 1.26. The molecular formula is C22H16IN. The zero-order valence-electron chi connectivity index (χ0n) is 13.0. The maximum Gasteiger partial charge on any atom is 0.0463 e. The van der Waals surface area contributed by atoms with Crippen LogP contribution in [0.3, 0.4) is 0 Å². The molecule has 0 aromatic heterocycles. The van der Waals surface area contributed by atoms with Gasteiger partial charge in [-0.05, 0) is 69.4 Å². The quantitative estimate of drug-likeness (QED) is 0.357. The van der Waals surface area contributed by atoms with Crippen molar-refractivity contribution >= 4 is 44.7 Å². The Morgan fingerprint density at radius 1 is 0.583 bits per heavy atom. The lowest BCUT2D eigenvalue weighted by molar-refractivity contribution is 1.55. The highest BCUT2D eigenvalue weighted by atomic mass is 127. The summed E-state index contributed by atoms with van der Waals surface area (Å²) in [6, 6.07) is 32.0. The summed E-state index contributed by atoms with van der Waals surface area (Å²) in [5.41, 5.74) is 4.71. The lowest BCUT2D eigenvalue weighted by Crippen LogP contribution is -1.91. The van der Waals surface area contributed by atoms with Crippen LogP contribution in [0.15, 0.2) is 91.0 Å². The van der Waals surface area contributed by atoms with Crippen molar-refractivity contribution in [3.8, 4) is 11.1 Å². The number of hydrogen-bond donors (Lipinski definition) is 1. The second-order valence-electron chi connectivity index (χ2n) is 5.74. The first-order chi connectivity index (χ1) is 11.8. The molecule has 0 aliphatic heterocycles. The van der Waals surface area contributed by atoms with Crippen LogP contribution >= 0.6 is 22.6 Å². The number of rotatable bonds is 3. The van der Waals surface area contributed by atoms with Crippen molar-refractivity contribution in [1.82, 2.24) is 0 Å². The van der Waals surface area contributed by atoms with Crippen LogP contribution in [0.4, 0.5) is 11.4 Å². The fourth-order valence-corrected chi connectivity index (χ4v) is 3.24. The van der Waals surface area contributed by atoms with Crippen LogP contribution in [0.1, 0.15) is 0 Å². The van der Waals surface area contributed by atoms with E-state index >= 15 is 0 Å². The second-order valence-corrected chi connectivity index (χ2v) is 6.98. The normalized spacial score (nSPS) is 10.7. The highest BCUT2D eigenvalue weighted by molar-refractivity contribution is 14.1. The minimum atomic E-state index is 1.10. The molecule has 116 valence electrons. The summed E-state index contributed by atoms with van der Waals surface area (Å²) in [5.74, 6) is 0. The topological polar surface area (TPSA) is 12.0 Å². The SMILES string of the molecule is Ic1ccc(-c2ccc(Nc3cccc4ccccc34)cc2)cc1. The van der Waals surface area contributed by atoms with E-state index in [9.17, 15) is 0 Å². The molecule has 0 aliphatic rings. The highest BCUT2D eigenvalue weighted by Gasteiger charge is 2.02. The van der Waals surface area contributed by atoms with Gasteiger partial charge in [-0.25, -0.2) is 0 Å². The molecular weight excluding hydrogens is 405 g/mol. The third kappa shape index (κ3) is 3.15. The minimum Gasteiger partial charge on any atom is -0.355 e. The van der Waals surface area contributed by atoms with Gasteiger partial charge < -0.3 is 5.32 Å². The van der Waals surface area contributed by atoms with E-state index in [0.717, 1.165) is 11.4 Å². The molecule has 0 saturated heterocycles. The van der Waals surface area contributed by atoms with Crippen LogP contribution in [0, 0.1) is 3.57 Å². The van der Waals surface area contributed by atoms with Gasteiger partial charge in [0.25, 0.3) is 0 Å². The third-order valence-electron chi connectivity index (χ3n) is 4.13. The van der Waals surface area contributed by atoms with Crippen molar-refractivity contribution in [1.29, 1.82) is 0 Å². The predicted octanol–water partition coefficient (Wildman–Crippen LogP) is 6.86. The van der Waals surface area contributed by atoms with E-state index < -0.39 is 0 Å². The molecule has 4 rings (SSSR count). The standard InChI is InChI=1S/C22H16IN/c23-19-12-8-16(9-13-19)17-10-14-20(15-11-17)24-22-7-3-5-18-4-1-2-6-21(18)22/h1-15,24H. The molecule has 4 aromatic rings. The molecule has 0 aliphatic carbocycles. The predicted molar refractivity (Wildman–Crippen MR) is 112 cm³/mol. The Labute approximate surface area is 155 Å². The van der Waals surface area contributed by atoms with Gasteiger partial charge in [-0.15, -0.1) is 0 Å². The molecule has 4 aromatic carbocycles. The van der Waals surface area contributed by atoms with Gasteiger partial charge in [0.1, 0.15) is 0 Å². The molecule has 1 nitrogen and oxygen atoms in total. The van der Waals surface area contributed by atoms with Crippen molar-refractivity contribution in [2.75, 3.05) is 5.32 Å². The first-order valence-corrected chi connectivity index (χ1v) is 8.98. The number of hydrogen-bond acceptors (Lipinski definition) is 1. The summed E-state index contributed by atoms with van der Waals surface area (Å²) in [7, 11) is 0. The Morgan fingerprint density at radius 3 is 1.96 bits per heavy atom. The number of anilines is 2. The zero-order chi connectivity index (χ0) is 16.4. The van der Waals surface area contributed by atoms with E-state index in [4.69, 9.17) is 0 Å². The van der Waals surface area contributed by atoms with Crippen LogP contribution in [-0.2, 0) is 0 Å². The van der Waals surface area contributed by atoms with Crippen molar-refractivity contribution in [2.45, 2.75) is 0 Å². The number of nitrogens with one attached hydrogen (secondary N) is 1. The molecule has 0 atom stereocenters. The summed E-state index contributed by atoms with van der Waals surface area (Å²) in [6.45, 7) is 0. The van der Waals surface area contributed by atoms with Gasteiger partial charge >= 0.3 is 0 Å². The lowest BCUT2D eigenvalue weighted by Gasteiger charge is -2.11. The Kier molecular flexibility index (Phi) is 4.22. The third-order valence-corrected chi connectivity index (χ3v) is 4.85. The molecule has 0 saturated carbocycles. The minimum absolute atomic E-state index is 1.10. The van der Waals surface area contributed by atoms with Gasteiger partial charge in [-0.1, -0.05) is 60.7 Å². The van der Waals surface area contributed by atoms with Crippen LogP contribution in [0.2, 0.25) is 0 Å². The van der Waals surface area contributed by atoms with E-state index in [-0.39, 0.29) is 0 Å². The van der Waals surface area contributed by atoms with E-state index in [0.29, 0.717) is 0 Å². The van der Waals surface area contributed by atoms with Crippen molar-refractivity contribution in [2.24, 2.45) is 0 Å². The van der Waals surface area contributed by atoms with Crippen molar-refractivity contribution < 1.29 is 0 Å². The van der Waals surface area contributed by atoms with E-state index in [1.807, 2.05) is 0 Å². The smallest absolute Gasteiger partial charge is 0.0463 e. The molecule has 0 unspecified atom stereocenters. The van der Waals surface area contributed by atoms with Gasteiger partial charge in [-0.3, -0.25) is 0 Å². The van der Waals surface area contributed by atoms with E-state index in [2.05, 4.69) is 119 Å². The van der Waals surface area contributed by atoms with Crippen LogP contribution in [0.25, 0.3) is 21.9 Å². The Bertz CT molecular complexity index is 967. The molecule has 0 spiro atoms. The largest absolute Gasteiger partial charge is 0.355 e. The highest BCUT2D eigenvalue weighted by Crippen LogP contribution is 2.28. The van der Waals surface area contributed by atoms with Gasteiger partial charge in [0.05, 0.1) is 0 Å². The number of benzene rings is 4. The molecule has 0 heterocycles. The summed E-state index contributed by atoms with van der Waals surface area (Å²) in [4.78, 5) is 0. The van der Waals surface area contributed by atoms with Crippen molar-refractivity contribution in [3.63, 3.8) is 0 Å². The maximum atomic E-state index is 3.53. The van der Waals surface area contributed by atoms with Gasteiger partial charge in [0.2, 0.25) is 0 Å². The molecule has 1 N–H and O–H groups in total. The van der Waals surface area contributed by atoms with Gasteiger partial charge in [0, 0.05) is 20.3 Å². The second kappa shape index (κ2) is 6.65. The van der Waals surface area contributed by atoms with Gasteiger partial charge in [0.15, 0.2) is 0 Å². The summed E-state index contributed by atoms with van der Waals surface area (Å²) in [5, 5.41) is 6.02.